The number of carbonyl (C=O) groups excluding carboxylic acids is 2. The molecule has 170 valence electrons. The van der Waals surface area contributed by atoms with Crippen LogP contribution in [0.1, 0.15) is 37.1 Å². The SMILES string of the molecule is O=C(CC[C@]1(Cc2ccc3c(c2)OCO3)CCC(=O)N1)NCc1nc(-c2ccccc2)n[nH]1. The van der Waals surface area contributed by atoms with Gasteiger partial charge in [0.2, 0.25) is 18.6 Å². The fourth-order valence-corrected chi connectivity index (χ4v) is 4.34. The van der Waals surface area contributed by atoms with Gasteiger partial charge in [0.25, 0.3) is 0 Å². The van der Waals surface area contributed by atoms with Gasteiger partial charge in [-0.1, -0.05) is 36.4 Å². The molecule has 9 heteroatoms. The Bertz CT molecular complexity index is 1160. The molecule has 2 aromatic carbocycles. The average Bonchev–Trinajstić information content (AvgIpc) is 3.57. The van der Waals surface area contributed by atoms with E-state index in [1.807, 2.05) is 48.5 Å². The Morgan fingerprint density at radius 3 is 2.79 bits per heavy atom. The third-order valence-corrected chi connectivity index (χ3v) is 6.06. The average molecular weight is 447 g/mol. The lowest BCUT2D eigenvalue weighted by Crippen LogP contribution is -2.44. The van der Waals surface area contributed by atoms with Gasteiger partial charge in [0, 0.05) is 23.9 Å². The van der Waals surface area contributed by atoms with Gasteiger partial charge in [-0.2, -0.15) is 5.10 Å². The molecule has 2 amide bonds. The molecule has 0 aliphatic carbocycles. The van der Waals surface area contributed by atoms with E-state index in [0.29, 0.717) is 49.5 Å². The number of carbonyl (C=O) groups is 2. The topological polar surface area (TPSA) is 118 Å². The van der Waals surface area contributed by atoms with E-state index < -0.39 is 5.54 Å². The number of aromatic nitrogens is 3. The van der Waals surface area contributed by atoms with Crippen LogP contribution in [0.5, 0.6) is 11.5 Å². The molecule has 2 aliphatic rings. The van der Waals surface area contributed by atoms with Crippen LogP contribution in [0.3, 0.4) is 0 Å². The highest BCUT2D eigenvalue weighted by Crippen LogP contribution is 2.36. The molecule has 1 atom stereocenters. The summed E-state index contributed by atoms with van der Waals surface area (Å²) in [6.45, 7) is 0.485. The van der Waals surface area contributed by atoms with Crippen molar-refractivity contribution in [2.75, 3.05) is 6.79 Å². The van der Waals surface area contributed by atoms with E-state index in [4.69, 9.17) is 9.47 Å². The van der Waals surface area contributed by atoms with E-state index in [2.05, 4.69) is 25.8 Å². The zero-order valence-corrected chi connectivity index (χ0v) is 18.1. The minimum atomic E-state index is -0.450. The number of hydrogen-bond donors (Lipinski definition) is 3. The highest BCUT2D eigenvalue weighted by atomic mass is 16.7. The molecule has 1 fully saturated rings. The Morgan fingerprint density at radius 2 is 1.97 bits per heavy atom. The van der Waals surface area contributed by atoms with E-state index >= 15 is 0 Å². The Balaban J connectivity index is 1.17. The summed E-state index contributed by atoms with van der Waals surface area (Å²) < 4.78 is 10.8. The second kappa shape index (κ2) is 8.93. The van der Waals surface area contributed by atoms with Crippen molar-refractivity contribution in [3.05, 3.63) is 59.9 Å². The first kappa shape index (κ1) is 21.0. The highest BCUT2D eigenvalue weighted by Gasteiger charge is 2.38. The first-order valence-corrected chi connectivity index (χ1v) is 11.0. The molecule has 0 saturated carbocycles. The maximum Gasteiger partial charge on any atom is 0.231 e. The molecular formula is C24H25N5O4. The fraction of sp³-hybridized carbons (Fsp3) is 0.333. The van der Waals surface area contributed by atoms with Crippen LogP contribution in [-0.4, -0.2) is 39.3 Å². The molecule has 5 rings (SSSR count). The quantitative estimate of drug-likeness (QED) is 0.488. The Hall–Kier alpha value is -3.88. The van der Waals surface area contributed by atoms with Crippen LogP contribution < -0.4 is 20.1 Å². The lowest BCUT2D eigenvalue weighted by molar-refractivity contribution is -0.123. The number of H-pyrrole nitrogens is 1. The minimum absolute atomic E-state index is 0.0197. The van der Waals surface area contributed by atoms with Gasteiger partial charge in [0.05, 0.1) is 6.54 Å². The number of amides is 2. The van der Waals surface area contributed by atoms with Gasteiger partial charge in [-0.3, -0.25) is 14.7 Å². The van der Waals surface area contributed by atoms with Gasteiger partial charge < -0.3 is 20.1 Å². The predicted molar refractivity (Wildman–Crippen MR) is 119 cm³/mol. The number of hydrogen-bond acceptors (Lipinski definition) is 6. The molecule has 3 aromatic rings. The second-order valence-electron chi connectivity index (χ2n) is 8.44. The van der Waals surface area contributed by atoms with Crippen LogP contribution >= 0.6 is 0 Å². The molecule has 0 radical (unpaired) electrons. The second-order valence-corrected chi connectivity index (χ2v) is 8.44. The summed E-state index contributed by atoms with van der Waals surface area (Å²) in [6, 6.07) is 15.5. The number of fused-ring (bicyclic) bond motifs is 1. The van der Waals surface area contributed by atoms with Crippen LogP contribution in [0.25, 0.3) is 11.4 Å². The maximum atomic E-state index is 12.6. The predicted octanol–water partition coefficient (Wildman–Crippen LogP) is 2.49. The summed E-state index contributed by atoms with van der Waals surface area (Å²) in [5, 5.41) is 13.1. The van der Waals surface area contributed by atoms with Crippen LogP contribution in [0, 0.1) is 0 Å². The third-order valence-electron chi connectivity index (χ3n) is 6.06. The van der Waals surface area contributed by atoms with Crippen molar-refractivity contribution in [1.29, 1.82) is 0 Å². The molecule has 0 bridgehead atoms. The fourth-order valence-electron chi connectivity index (χ4n) is 4.34. The van der Waals surface area contributed by atoms with E-state index in [1.54, 1.807) is 0 Å². The van der Waals surface area contributed by atoms with Gasteiger partial charge in [-0.25, -0.2) is 4.98 Å². The highest BCUT2D eigenvalue weighted by molar-refractivity contribution is 5.80. The van der Waals surface area contributed by atoms with Crippen molar-refractivity contribution >= 4 is 11.8 Å². The van der Waals surface area contributed by atoms with Gasteiger partial charge in [0.15, 0.2) is 17.3 Å². The van der Waals surface area contributed by atoms with Crippen molar-refractivity contribution in [2.24, 2.45) is 0 Å². The molecule has 9 nitrogen and oxygen atoms in total. The number of aromatic amines is 1. The van der Waals surface area contributed by atoms with Crippen molar-refractivity contribution < 1.29 is 19.1 Å². The Morgan fingerprint density at radius 1 is 1.12 bits per heavy atom. The molecule has 3 heterocycles. The van der Waals surface area contributed by atoms with Crippen LogP contribution in [0.4, 0.5) is 0 Å². The zero-order valence-electron chi connectivity index (χ0n) is 18.1. The summed E-state index contributed by atoms with van der Waals surface area (Å²) in [5.41, 5.74) is 1.50. The zero-order chi connectivity index (χ0) is 22.7. The smallest absolute Gasteiger partial charge is 0.231 e. The third kappa shape index (κ3) is 4.82. The van der Waals surface area contributed by atoms with Gasteiger partial charge in [-0.15, -0.1) is 0 Å². The molecule has 1 aromatic heterocycles. The van der Waals surface area contributed by atoms with Crippen molar-refractivity contribution in [2.45, 2.75) is 44.2 Å². The summed E-state index contributed by atoms with van der Waals surface area (Å²) in [6.07, 6.45) is 2.63. The molecular weight excluding hydrogens is 422 g/mol. The number of benzene rings is 2. The lowest BCUT2D eigenvalue weighted by Gasteiger charge is -2.29. The van der Waals surface area contributed by atoms with Crippen LogP contribution in [-0.2, 0) is 22.6 Å². The van der Waals surface area contributed by atoms with Crippen molar-refractivity contribution in [3.63, 3.8) is 0 Å². The molecule has 33 heavy (non-hydrogen) atoms. The van der Waals surface area contributed by atoms with E-state index in [9.17, 15) is 9.59 Å². The normalized spacial score (nSPS) is 18.8. The molecule has 0 unspecified atom stereocenters. The first-order chi connectivity index (χ1) is 16.1. The summed E-state index contributed by atoms with van der Waals surface area (Å²) in [5.74, 6) is 2.55. The Labute approximate surface area is 190 Å². The van der Waals surface area contributed by atoms with Gasteiger partial charge in [-0.05, 0) is 37.0 Å². The summed E-state index contributed by atoms with van der Waals surface area (Å²) in [7, 11) is 0. The molecule has 3 N–H and O–H groups in total. The largest absolute Gasteiger partial charge is 0.454 e. The number of nitrogens with zero attached hydrogens (tertiary/aromatic N) is 2. The van der Waals surface area contributed by atoms with Crippen molar-refractivity contribution in [3.8, 4) is 22.9 Å². The van der Waals surface area contributed by atoms with Gasteiger partial charge in [0.1, 0.15) is 5.82 Å². The lowest BCUT2D eigenvalue weighted by atomic mass is 9.85. The Kier molecular flexibility index (Phi) is 5.68. The van der Waals surface area contributed by atoms with E-state index in [0.717, 1.165) is 16.9 Å². The molecule has 0 spiro atoms. The standard InChI is InChI=1S/C24H25N5O4/c30-21(25-14-20-26-23(29-28-20)17-4-2-1-3-5-17)8-10-24(11-9-22(31)27-24)13-16-6-7-18-19(12-16)33-15-32-18/h1-7,12H,8-11,13-15H2,(H,25,30)(H,27,31)(H,26,28,29)/t24-/m1/s1. The van der Waals surface area contributed by atoms with Crippen molar-refractivity contribution in [1.82, 2.24) is 25.8 Å². The van der Waals surface area contributed by atoms with Crippen LogP contribution in [0.15, 0.2) is 48.5 Å². The molecule has 2 aliphatic heterocycles. The number of ether oxygens (including phenoxy) is 2. The monoisotopic (exact) mass is 447 g/mol. The minimum Gasteiger partial charge on any atom is -0.454 e. The number of rotatable bonds is 8. The number of nitrogens with one attached hydrogen (secondary N) is 3. The van der Waals surface area contributed by atoms with E-state index in [-0.39, 0.29) is 25.2 Å². The summed E-state index contributed by atoms with van der Waals surface area (Å²) >= 11 is 0. The maximum absolute atomic E-state index is 12.6. The first-order valence-electron chi connectivity index (χ1n) is 11.0. The molecule has 1 saturated heterocycles. The summed E-state index contributed by atoms with van der Waals surface area (Å²) in [4.78, 5) is 29.0. The van der Waals surface area contributed by atoms with Gasteiger partial charge >= 0.3 is 0 Å². The van der Waals surface area contributed by atoms with Crippen LogP contribution in [0.2, 0.25) is 0 Å². The van der Waals surface area contributed by atoms with E-state index in [1.165, 1.54) is 0 Å².